The first-order valence-electron chi connectivity index (χ1n) is 4.49. The van der Waals surface area contributed by atoms with Crippen LogP contribution in [0.4, 0.5) is 0 Å². The molecule has 0 saturated carbocycles. The Morgan fingerprint density at radius 1 is 1.19 bits per heavy atom. The molecule has 0 unspecified atom stereocenters. The normalized spacial score (nSPS) is 18.6. The Morgan fingerprint density at radius 2 is 1.69 bits per heavy atom. The number of carbonyl (C=O) groups is 4. The molecular weight excluding hydrogens is 222 g/mol. The van der Waals surface area contributed by atoms with E-state index in [2.05, 4.69) is 4.84 Å². The van der Waals surface area contributed by atoms with E-state index in [1.54, 1.807) is 0 Å². The summed E-state index contributed by atoms with van der Waals surface area (Å²) >= 11 is 0. The number of nitrogens with zero attached hydrogens (tertiary/aromatic N) is 1. The minimum Gasteiger partial charge on any atom is -0.481 e. The first kappa shape index (κ1) is 12.3. The summed E-state index contributed by atoms with van der Waals surface area (Å²) < 4.78 is 0. The van der Waals surface area contributed by atoms with Crippen molar-refractivity contribution in [2.45, 2.75) is 25.7 Å². The number of carbonyl (C=O) groups excluding carboxylic acids is 3. The van der Waals surface area contributed by atoms with Gasteiger partial charge in [-0.1, -0.05) is 0 Å². The van der Waals surface area contributed by atoms with Crippen molar-refractivity contribution in [2.75, 3.05) is 0 Å². The zero-order valence-electron chi connectivity index (χ0n) is 8.21. The molecule has 1 saturated heterocycles. The van der Waals surface area contributed by atoms with Crippen LogP contribution in [0.1, 0.15) is 25.7 Å². The van der Waals surface area contributed by atoms with Crippen LogP contribution in [0, 0.1) is 0 Å². The monoisotopic (exact) mass is 232 g/mol. The minimum absolute atomic E-state index is 0.207. The molecule has 0 atom stereocenters. The fourth-order valence-corrected chi connectivity index (χ4v) is 1.16. The maximum Gasteiger partial charge on any atom is 0.397 e. The molecule has 16 heavy (non-hydrogen) atoms. The number of hydrogen-bond donors (Lipinski definition) is 2. The SMILES string of the molecule is O=C(O)CCC(=O)O[N+]1(O)C(=O)CCC1=O. The number of amides is 2. The molecule has 8 heteroatoms. The third kappa shape index (κ3) is 2.41. The van der Waals surface area contributed by atoms with Crippen molar-refractivity contribution in [3.8, 4) is 0 Å². The van der Waals surface area contributed by atoms with Crippen LogP contribution in [0.3, 0.4) is 0 Å². The molecule has 0 aromatic carbocycles. The van der Waals surface area contributed by atoms with E-state index in [0.717, 1.165) is 0 Å². The summed E-state index contributed by atoms with van der Waals surface area (Å²) in [5.74, 6) is -4.21. The van der Waals surface area contributed by atoms with E-state index in [0.29, 0.717) is 0 Å². The summed E-state index contributed by atoms with van der Waals surface area (Å²) in [4.78, 5) is 45.6. The van der Waals surface area contributed by atoms with Crippen LogP contribution in [0.5, 0.6) is 0 Å². The lowest BCUT2D eigenvalue weighted by atomic mass is 10.3. The third-order valence-electron chi connectivity index (χ3n) is 2.01. The largest absolute Gasteiger partial charge is 0.481 e. The van der Waals surface area contributed by atoms with Crippen LogP contribution in [0.15, 0.2) is 0 Å². The molecule has 2 N–H and O–H groups in total. The van der Waals surface area contributed by atoms with Crippen molar-refractivity contribution in [3.63, 3.8) is 0 Å². The van der Waals surface area contributed by atoms with Gasteiger partial charge in [0.2, 0.25) is 0 Å². The van der Waals surface area contributed by atoms with Crippen molar-refractivity contribution >= 4 is 23.8 Å². The molecule has 1 heterocycles. The van der Waals surface area contributed by atoms with Crippen LogP contribution < -0.4 is 0 Å². The van der Waals surface area contributed by atoms with Crippen LogP contribution in [0.2, 0.25) is 0 Å². The van der Waals surface area contributed by atoms with Gasteiger partial charge < -0.3 is 5.11 Å². The summed E-state index contributed by atoms with van der Waals surface area (Å²) in [6.07, 6.45) is -1.43. The molecule has 2 amide bonds. The lowest BCUT2D eigenvalue weighted by Gasteiger charge is -2.15. The summed E-state index contributed by atoms with van der Waals surface area (Å²) in [6, 6.07) is 0. The van der Waals surface area contributed by atoms with E-state index in [1.165, 1.54) is 0 Å². The first-order valence-corrected chi connectivity index (χ1v) is 4.49. The predicted molar refractivity (Wildman–Crippen MR) is 44.3 cm³/mol. The average Bonchev–Trinajstić information content (AvgIpc) is 2.43. The Hall–Kier alpha value is -1.80. The summed E-state index contributed by atoms with van der Waals surface area (Å²) in [6.45, 7) is 0. The molecule has 1 rings (SSSR count). The fourth-order valence-electron chi connectivity index (χ4n) is 1.16. The molecule has 1 aliphatic rings. The van der Waals surface area contributed by atoms with Gasteiger partial charge in [0.25, 0.3) is 0 Å². The van der Waals surface area contributed by atoms with Gasteiger partial charge >= 0.3 is 23.8 Å². The van der Waals surface area contributed by atoms with E-state index in [-0.39, 0.29) is 12.8 Å². The lowest BCUT2D eigenvalue weighted by molar-refractivity contribution is -1.12. The molecule has 0 radical (unpaired) electrons. The number of carboxylic acid groups (broad SMARTS) is 1. The van der Waals surface area contributed by atoms with Gasteiger partial charge in [0, 0.05) is 0 Å². The molecule has 0 aromatic heterocycles. The zero-order valence-corrected chi connectivity index (χ0v) is 8.21. The summed E-state index contributed by atoms with van der Waals surface area (Å²) in [5.41, 5.74) is 0. The predicted octanol–water partition coefficient (Wildman–Crippen LogP) is -0.638. The van der Waals surface area contributed by atoms with Crippen molar-refractivity contribution in [3.05, 3.63) is 0 Å². The number of rotatable bonds is 4. The Bertz CT molecular complexity index is 345. The highest BCUT2D eigenvalue weighted by Gasteiger charge is 2.55. The zero-order chi connectivity index (χ0) is 12.3. The van der Waals surface area contributed by atoms with Crippen LogP contribution in [-0.4, -0.2) is 38.9 Å². The highest BCUT2D eigenvalue weighted by molar-refractivity contribution is 5.91. The molecular formula is C8H10NO7+. The van der Waals surface area contributed by atoms with Gasteiger partial charge in [0.05, 0.1) is 25.7 Å². The Morgan fingerprint density at radius 3 is 2.12 bits per heavy atom. The van der Waals surface area contributed by atoms with Gasteiger partial charge in [-0.3, -0.25) is 4.79 Å². The molecule has 88 valence electrons. The minimum atomic E-state index is -2.00. The Balaban J connectivity index is 2.59. The highest BCUT2D eigenvalue weighted by atomic mass is 17.0. The van der Waals surface area contributed by atoms with Gasteiger partial charge in [0.15, 0.2) is 0 Å². The molecule has 0 bridgehead atoms. The molecule has 0 aromatic rings. The van der Waals surface area contributed by atoms with Crippen LogP contribution >= 0.6 is 0 Å². The smallest absolute Gasteiger partial charge is 0.397 e. The van der Waals surface area contributed by atoms with E-state index in [4.69, 9.17) is 5.11 Å². The molecule has 8 nitrogen and oxygen atoms in total. The second-order valence-electron chi connectivity index (χ2n) is 3.22. The molecule has 1 aliphatic heterocycles. The molecule has 0 aliphatic carbocycles. The van der Waals surface area contributed by atoms with Crippen LogP contribution in [-0.2, 0) is 24.0 Å². The molecule has 1 fully saturated rings. The quantitative estimate of drug-likeness (QED) is 0.376. The summed E-state index contributed by atoms with van der Waals surface area (Å²) in [5, 5.41) is 17.7. The lowest BCUT2D eigenvalue weighted by Crippen LogP contribution is -2.50. The van der Waals surface area contributed by atoms with Crippen molar-refractivity contribution < 1.29 is 39.1 Å². The van der Waals surface area contributed by atoms with Crippen molar-refractivity contribution in [1.29, 1.82) is 0 Å². The van der Waals surface area contributed by atoms with Crippen molar-refractivity contribution in [2.24, 2.45) is 0 Å². The summed E-state index contributed by atoms with van der Waals surface area (Å²) in [7, 11) is 0. The van der Waals surface area contributed by atoms with Crippen molar-refractivity contribution in [1.82, 2.24) is 0 Å². The van der Waals surface area contributed by atoms with Gasteiger partial charge in [-0.2, -0.15) is 5.21 Å². The third-order valence-corrected chi connectivity index (χ3v) is 2.01. The maximum absolute atomic E-state index is 11.1. The highest BCUT2D eigenvalue weighted by Crippen LogP contribution is 2.21. The van der Waals surface area contributed by atoms with Gasteiger partial charge in [-0.25, -0.2) is 19.2 Å². The number of hydroxylamine groups is 4. The van der Waals surface area contributed by atoms with Gasteiger partial charge in [-0.05, 0) is 0 Å². The number of quaternary nitrogens is 1. The second-order valence-corrected chi connectivity index (χ2v) is 3.22. The fraction of sp³-hybridized carbons (Fsp3) is 0.500. The second kappa shape index (κ2) is 4.37. The number of aliphatic carboxylic acids is 1. The van der Waals surface area contributed by atoms with E-state index >= 15 is 0 Å². The average molecular weight is 232 g/mol. The van der Waals surface area contributed by atoms with E-state index < -0.39 is 41.4 Å². The van der Waals surface area contributed by atoms with E-state index in [9.17, 15) is 24.4 Å². The van der Waals surface area contributed by atoms with E-state index in [1.807, 2.05) is 0 Å². The Kier molecular flexibility index (Phi) is 3.35. The van der Waals surface area contributed by atoms with Gasteiger partial charge in [-0.15, -0.1) is 0 Å². The first-order chi connectivity index (χ1) is 7.36. The number of hydrogen-bond acceptors (Lipinski definition) is 6. The van der Waals surface area contributed by atoms with Crippen LogP contribution in [0.25, 0.3) is 0 Å². The number of carboxylic acids is 1. The standard InChI is InChI=1S/C8H9NO7/c10-5-1-2-6(11)9(5,15)16-8(14)4-3-7(12)13/h15H,1-4H2/p+1. The topological polar surface area (TPSA) is 118 Å². The van der Waals surface area contributed by atoms with Gasteiger partial charge in [0.1, 0.15) is 4.81 Å². The number of imide groups is 1. The Labute approximate surface area is 89.5 Å². The maximum atomic E-state index is 11.1. The molecule has 0 spiro atoms.